The first-order chi connectivity index (χ1) is 13.5. The van der Waals surface area contributed by atoms with Gasteiger partial charge in [0.2, 0.25) is 0 Å². The number of rotatable bonds is 5. The van der Waals surface area contributed by atoms with Crippen LogP contribution in [0, 0.1) is 13.8 Å². The third kappa shape index (κ3) is 3.43. The molecule has 2 aromatic heterocycles. The number of benzene rings is 2. The maximum absolute atomic E-state index is 12.4. The van der Waals surface area contributed by atoms with Gasteiger partial charge in [0.1, 0.15) is 5.82 Å². The van der Waals surface area contributed by atoms with E-state index in [0.717, 1.165) is 16.9 Å². The maximum atomic E-state index is 12.4. The van der Waals surface area contributed by atoms with Crippen LogP contribution in [0.2, 0.25) is 0 Å². The molecule has 5 heteroatoms. The van der Waals surface area contributed by atoms with Crippen LogP contribution >= 0.6 is 0 Å². The van der Waals surface area contributed by atoms with E-state index in [1.165, 1.54) is 23.0 Å². The Morgan fingerprint density at radius 1 is 1.14 bits per heavy atom. The third-order valence-electron chi connectivity index (χ3n) is 5.00. The SMILES string of the molecule is Cc1ccc(C)c(Cn2c([C@H](C)NC(=O)c3ccco3)nc3ccccc32)c1. The smallest absolute Gasteiger partial charge is 0.287 e. The third-order valence-corrected chi connectivity index (χ3v) is 5.00. The summed E-state index contributed by atoms with van der Waals surface area (Å²) >= 11 is 0. The predicted molar refractivity (Wildman–Crippen MR) is 109 cm³/mol. The molecule has 0 aliphatic rings. The molecule has 0 unspecified atom stereocenters. The average Bonchev–Trinajstić information content (AvgIpc) is 3.33. The van der Waals surface area contributed by atoms with E-state index in [9.17, 15) is 4.79 Å². The molecule has 2 heterocycles. The van der Waals surface area contributed by atoms with Crippen molar-refractivity contribution in [1.29, 1.82) is 0 Å². The first-order valence-electron chi connectivity index (χ1n) is 9.38. The van der Waals surface area contributed by atoms with Crippen molar-refractivity contribution >= 4 is 16.9 Å². The zero-order valence-corrected chi connectivity index (χ0v) is 16.3. The number of amides is 1. The van der Waals surface area contributed by atoms with Crippen LogP contribution in [0.25, 0.3) is 11.0 Å². The first kappa shape index (κ1) is 18.0. The molecule has 5 nitrogen and oxygen atoms in total. The van der Waals surface area contributed by atoms with Gasteiger partial charge in [0.05, 0.1) is 23.3 Å². The van der Waals surface area contributed by atoms with E-state index in [1.54, 1.807) is 12.1 Å². The van der Waals surface area contributed by atoms with Crippen molar-refractivity contribution in [3.05, 3.63) is 89.1 Å². The quantitative estimate of drug-likeness (QED) is 0.547. The fourth-order valence-corrected chi connectivity index (χ4v) is 3.47. The number of fused-ring (bicyclic) bond motifs is 1. The maximum Gasteiger partial charge on any atom is 0.287 e. The van der Waals surface area contributed by atoms with Crippen LogP contribution in [0.3, 0.4) is 0 Å². The standard InChI is InChI=1S/C23H23N3O2/c1-15-10-11-16(2)18(13-15)14-26-20-8-5-4-7-19(20)25-22(26)17(3)24-23(27)21-9-6-12-28-21/h4-13,17H,14H2,1-3H3,(H,24,27)/t17-/m0/s1. The summed E-state index contributed by atoms with van der Waals surface area (Å²) in [7, 11) is 0. The van der Waals surface area contributed by atoms with Crippen molar-refractivity contribution in [1.82, 2.24) is 14.9 Å². The van der Waals surface area contributed by atoms with Crippen molar-refractivity contribution in [2.24, 2.45) is 0 Å². The van der Waals surface area contributed by atoms with Gasteiger partial charge in [0.15, 0.2) is 5.76 Å². The molecule has 2 aromatic carbocycles. The van der Waals surface area contributed by atoms with Crippen molar-refractivity contribution in [2.75, 3.05) is 0 Å². The van der Waals surface area contributed by atoms with Gasteiger partial charge in [-0.1, -0.05) is 35.9 Å². The molecular weight excluding hydrogens is 350 g/mol. The fourth-order valence-electron chi connectivity index (χ4n) is 3.47. The molecule has 0 aliphatic carbocycles. The molecule has 1 atom stereocenters. The van der Waals surface area contributed by atoms with E-state index in [1.807, 2.05) is 25.1 Å². The summed E-state index contributed by atoms with van der Waals surface area (Å²) in [5.41, 5.74) is 5.68. The molecule has 4 aromatic rings. The van der Waals surface area contributed by atoms with Gasteiger partial charge in [-0.3, -0.25) is 4.79 Å². The lowest BCUT2D eigenvalue weighted by molar-refractivity contribution is 0.0909. The molecule has 1 N–H and O–H groups in total. The van der Waals surface area contributed by atoms with Gasteiger partial charge in [0, 0.05) is 6.54 Å². The summed E-state index contributed by atoms with van der Waals surface area (Å²) in [6.07, 6.45) is 1.50. The summed E-state index contributed by atoms with van der Waals surface area (Å²) in [4.78, 5) is 17.2. The molecule has 0 saturated carbocycles. The minimum atomic E-state index is -0.268. The number of imidazole rings is 1. The van der Waals surface area contributed by atoms with Crippen LogP contribution < -0.4 is 5.32 Å². The molecular formula is C23H23N3O2. The van der Waals surface area contributed by atoms with E-state index in [4.69, 9.17) is 9.40 Å². The molecule has 0 spiro atoms. The van der Waals surface area contributed by atoms with E-state index < -0.39 is 0 Å². The molecule has 0 fully saturated rings. The summed E-state index contributed by atoms with van der Waals surface area (Å²) in [6, 6.07) is 17.6. The number of nitrogens with zero attached hydrogens (tertiary/aromatic N) is 2. The number of hydrogen-bond acceptors (Lipinski definition) is 3. The van der Waals surface area contributed by atoms with Gasteiger partial charge in [-0.2, -0.15) is 0 Å². The number of nitrogens with one attached hydrogen (secondary N) is 1. The van der Waals surface area contributed by atoms with Crippen molar-refractivity contribution in [3.8, 4) is 0 Å². The molecule has 0 saturated heterocycles. The highest BCUT2D eigenvalue weighted by Crippen LogP contribution is 2.24. The van der Waals surface area contributed by atoms with Crippen LogP contribution in [0.5, 0.6) is 0 Å². The molecule has 1 amide bonds. The highest BCUT2D eigenvalue weighted by atomic mass is 16.3. The van der Waals surface area contributed by atoms with Crippen LogP contribution in [0.4, 0.5) is 0 Å². The Balaban J connectivity index is 1.72. The fraction of sp³-hybridized carbons (Fsp3) is 0.217. The molecule has 0 bridgehead atoms. The minimum absolute atomic E-state index is 0.247. The van der Waals surface area contributed by atoms with Crippen LogP contribution in [-0.2, 0) is 6.54 Å². The molecule has 142 valence electrons. The number of aromatic nitrogens is 2. The van der Waals surface area contributed by atoms with Gasteiger partial charge in [-0.15, -0.1) is 0 Å². The van der Waals surface area contributed by atoms with E-state index >= 15 is 0 Å². The van der Waals surface area contributed by atoms with Gasteiger partial charge >= 0.3 is 0 Å². The van der Waals surface area contributed by atoms with Crippen LogP contribution in [0.1, 0.15) is 46.0 Å². The lowest BCUT2D eigenvalue weighted by Gasteiger charge is -2.17. The Hall–Kier alpha value is -3.34. The second kappa shape index (κ2) is 7.35. The molecule has 28 heavy (non-hydrogen) atoms. The Morgan fingerprint density at radius 3 is 2.75 bits per heavy atom. The summed E-state index contributed by atoms with van der Waals surface area (Å²) in [5, 5.41) is 3.00. The van der Waals surface area contributed by atoms with E-state index in [-0.39, 0.29) is 11.9 Å². The average molecular weight is 373 g/mol. The van der Waals surface area contributed by atoms with Crippen LogP contribution in [0.15, 0.2) is 65.3 Å². The zero-order valence-electron chi connectivity index (χ0n) is 16.3. The van der Waals surface area contributed by atoms with Gasteiger partial charge < -0.3 is 14.3 Å². The monoisotopic (exact) mass is 373 g/mol. The lowest BCUT2D eigenvalue weighted by Crippen LogP contribution is -2.28. The first-order valence-corrected chi connectivity index (χ1v) is 9.38. The van der Waals surface area contributed by atoms with Crippen molar-refractivity contribution < 1.29 is 9.21 Å². The summed E-state index contributed by atoms with van der Waals surface area (Å²) < 4.78 is 7.39. The minimum Gasteiger partial charge on any atom is -0.459 e. The number of carbonyl (C=O) groups excluding carboxylic acids is 1. The normalized spacial score (nSPS) is 12.2. The van der Waals surface area contributed by atoms with E-state index in [0.29, 0.717) is 12.3 Å². The largest absolute Gasteiger partial charge is 0.459 e. The number of hydrogen-bond donors (Lipinski definition) is 1. The van der Waals surface area contributed by atoms with Crippen molar-refractivity contribution in [2.45, 2.75) is 33.4 Å². The Labute approximate surface area is 164 Å². The molecule has 4 rings (SSSR count). The highest BCUT2D eigenvalue weighted by Gasteiger charge is 2.20. The second-order valence-electron chi connectivity index (χ2n) is 7.15. The number of furan rings is 1. The lowest BCUT2D eigenvalue weighted by atomic mass is 10.1. The number of para-hydroxylation sites is 2. The Bertz CT molecular complexity index is 1130. The summed E-state index contributed by atoms with van der Waals surface area (Å²) in [5.74, 6) is 0.869. The Kier molecular flexibility index (Phi) is 4.74. The number of aryl methyl sites for hydroxylation is 2. The predicted octanol–water partition coefficient (Wildman–Crippen LogP) is 4.79. The Morgan fingerprint density at radius 2 is 1.96 bits per heavy atom. The highest BCUT2D eigenvalue weighted by molar-refractivity contribution is 5.91. The number of carbonyl (C=O) groups is 1. The second-order valence-corrected chi connectivity index (χ2v) is 7.15. The molecule has 0 aliphatic heterocycles. The van der Waals surface area contributed by atoms with E-state index in [2.05, 4.69) is 48.0 Å². The summed E-state index contributed by atoms with van der Waals surface area (Å²) in [6.45, 7) is 6.86. The van der Waals surface area contributed by atoms with Gasteiger partial charge in [-0.05, 0) is 56.2 Å². The molecule has 0 radical (unpaired) electrons. The van der Waals surface area contributed by atoms with Crippen LogP contribution in [-0.4, -0.2) is 15.5 Å². The van der Waals surface area contributed by atoms with Gasteiger partial charge in [0.25, 0.3) is 5.91 Å². The topological polar surface area (TPSA) is 60.1 Å². The zero-order chi connectivity index (χ0) is 19.7. The van der Waals surface area contributed by atoms with Gasteiger partial charge in [-0.25, -0.2) is 4.98 Å². The van der Waals surface area contributed by atoms with Crippen molar-refractivity contribution in [3.63, 3.8) is 0 Å².